The van der Waals surface area contributed by atoms with E-state index in [2.05, 4.69) is 21.5 Å². The number of imidazole rings is 1. The molecule has 0 unspecified atom stereocenters. The van der Waals surface area contributed by atoms with Gasteiger partial charge in [-0.2, -0.15) is 0 Å². The van der Waals surface area contributed by atoms with E-state index in [1.54, 1.807) is 0 Å². The second kappa shape index (κ2) is 5.57. The van der Waals surface area contributed by atoms with Gasteiger partial charge in [0.25, 0.3) is 5.56 Å². The average Bonchev–Trinajstić information content (AvgIpc) is 2.76. The van der Waals surface area contributed by atoms with E-state index >= 15 is 0 Å². The fourth-order valence-electron chi connectivity index (χ4n) is 3.32. The Bertz CT molecular complexity index is 848. The summed E-state index contributed by atoms with van der Waals surface area (Å²) in [7, 11) is 0. The lowest BCUT2D eigenvalue weighted by molar-refractivity contribution is 0.0691. The van der Waals surface area contributed by atoms with Gasteiger partial charge in [0.1, 0.15) is 5.75 Å². The number of H-pyrrole nitrogens is 1. The molecule has 0 saturated carbocycles. The number of carboxylic acid groups (broad SMARTS) is 1. The summed E-state index contributed by atoms with van der Waals surface area (Å²) in [6.07, 6.45) is 2.84. The summed E-state index contributed by atoms with van der Waals surface area (Å²) in [5.41, 5.74) is 1.58. The van der Waals surface area contributed by atoms with Crippen molar-refractivity contribution in [3.63, 3.8) is 0 Å². The Hall–Kier alpha value is -2.57. The number of carbonyl (C=O) groups is 1. The van der Waals surface area contributed by atoms with Gasteiger partial charge in [0.05, 0.1) is 11.4 Å². The van der Waals surface area contributed by atoms with Gasteiger partial charge in [-0.05, 0) is 25.7 Å². The average molecular weight is 317 g/mol. The molecule has 7 nitrogen and oxygen atoms in total. The van der Waals surface area contributed by atoms with Gasteiger partial charge in [-0.3, -0.25) is 4.79 Å². The van der Waals surface area contributed by atoms with Crippen LogP contribution >= 0.6 is 0 Å². The third-order valence-corrected chi connectivity index (χ3v) is 4.36. The molecule has 0 amide bonds. The normalized spacial score (nSPS) is 13.3. The molecule has 122 valence electrons. The molecule has 7 heteroatoms. The molecule has 0 saturated heterocycles. The predicted molar refractivity (Wildman–Crippen MR) is 84.0 cm³/mol. The summed E-state index contributed by atoms with van der Waals surface area (Å²) < 4.78 is 2.07. The molecule has 0 aromatic carbocycles. The van der Waals surface area contributed by atoms with Gasteiger partial charge >= 0.3 is 5.97 Å². The number of hydrogen-bond donors (Lipinski definition) is 3. The molecule has 3 N–H and O–H groups in total. The van der Waals surface area contributed by atoms with Gasteiger partial charge < -0.3 is 19.8 Å². The van der Waals surface area contributed by atoms with Gasteiger partial charge in [-0.25, -0.2) is 9.78 Å². The molecule has 0 bridgehead atoms. The molecule has 0 spiro atoms. The highest BCUT2D eigenvalue weighted by molar-refractivity contribution is 5.91. The second-order valence-corrected chi connectivity index (χ2v) is 5.63. The summed E-state index contributed by atoms with van der Waals surface area (Å²) in [6, 6.07) is 0. The molecule has 23 heavy (non-hydrogen) atoms. The van der Waals surface area contributed by atoms with Crippen molar-refractivity contribution < 1.29 is 15.0 Å². The Morgan fingerprint density at radius 2 is 2.09 bits per heavy atom. The second-order valence-electron chi connectivity index (χ2n) is 5.63. The van der Waals surface area contributed by atoms with Crippen molar-refractivity contribution >= 4 is 5.97 Å². The number of hydrogen-bond acceptors (Lipinski definition) is 4. The lowest BCUT2D eigenvalue weighted by Gasteiger charge is -2.10. The van der Waals surface area contributed by atoms with Crippen LogP contribution in [0.25, 0.3) is 11.5 Å². The minimum absolute atomic E-state index is 0.435. The van der Waals surface area contributed by atoms with Crippen LogP contribution in [0.5, 0.6) is 5.75 Å². The number of aromatic nitrogens is 3. The zero-order valence-corrected chi connectivity index (χ0v) is 13.1. The van der Waals surface area contributed by atoms with Crippen LogP contribution in [0.1, 0.15) is 47.6 Å². The van der Waals surface area contributed by atoms with E-state index in [4.69, 9.17) is 5.11 Å². The lowest BCUT2D eigenvalue weighted by atomic mass is 10.0. The van der Waals surface area contributed by atoms with Crippen LogP contribution in [0, 0.1) is 0 Å². The molecule has 0 aliphatic carbocycles. The highest BCUT2D eigenvalue weighted by atomic mass is 16.4. The van der Waals surface area contributed by atoms with Crippen molar-refractivity contribution in [2.45, 2.75) is 46.1 Å². The zero-order chi connectivity index (χ0) is 16.7. The molecular weight excluding hydrogens is 298 g/mol. The van der Waals surface area contributed by atoms with Gasteiger partial charge in [-0.1, -0.05) is 13.8 Å². The summed E-state index contributed by atoms with van der Waals surface area (Å²) in [4.78, 5) is 30.5. The maximum Gasteiger partial charge on any atom is 0.345 e. The Morgan fingerprint density at radius 1 is 1.35 bits per heavy atom. The third kappa shape index (κ3) is 2.23. The number of nitrogens with one attached hydrogen (secondary N) is 1. The monoisotopic (exact) mass is 317 g/mol. The fourth-order valence-corrected chi connectivity index (χ4v) is 3.32. The topological polar surface area (TPSA) is 108 Å². The maximum atomic E-state index is 12.1. The number of aromatic hydroxyl groups is 1. The zero-order valence-electron chi connectivity index (χ0n) is 13.1. The first kappa shape index (κ1) is 15.3. The van der Waals surface area contributed by atoms with E-state index in [1.165, 1.54) is 0 Å². The summed E-state index contributed by atoms with van der Waals surface area (Å²) in [6.45, 7) is 4.81. The largest absolute Gasteiger partial charge is 0.506 e. The lowest BCUT2D eigenvalue weighted by Crippen LogP contribution is -2.20. The highest BCUT2D eigenvalue weighted by Gasteiger charge is 2.28. The molecular formula is C16H19N3O4. The van der Waals surface area contributed by atoms with E-state index in [0.717, 1.165) is 37.2 Å². The van der Waals surface area contributed by atoms with Crippen LogP contribution in [0.15, 0.2) is 4.79 Å². The number of fused-ring (bicyclic) bond motifs is 3. The minimum Gasteiger partial charge on any atom is -0.506 e. The molecule has 1 aliphatic heterocycles. The number of pyridine rings is 1. The van der Waals surface area contributed by atoms with Crippen molar-refractivity contribution in [2.75, 3.05) is 0 Å². The number of aryl methyl sites for hydroxylation is 1. The summed E-state index contributed by atoms with van der Waals surface area (Å²) in [5, 5.41) is 19.4. The third-order valence-electron chi connectivity index (χ3n) is 4.36. The molecule has 0 atom stereocenters. The van der Waals surface area contributed by atoms with Gasteiger partial charge in [-0.15, -0.1) is 0 Å². The predicted octanol–water partition coefficient (Wildman–Crippen LogP) is 1.71. The van der Waals surface area contributed by atoms with Crippen LogP contribution in [-0.2, 0) is 25.8 Å². The van der Waals surface area contributed by atoms with Crippen LogP contribution in [0.3, 0.4) is 0 Å². The van der Waals surface area contributed by atoms with E-state index in [-0.39, 0.29) is 0 Å². The van der Waals surface area contributed by atoms with Gasteiger partial charge in [0.15, 0.2) is 11.4 Å². The Labute approximate surface area is 132 Å². The first-order valence-corrected chi connectivity index (χ1v) is 7.79. The standard InChI is InChI=1S/C16H19N3O4/c1-3-9-10(4-2)19-7-5-6-8-12(14(19)17-9)18-15(21)11(13(8)20)16(22)23/h3-7H2,1-2H3,(H,22,23)(H2,18,20,21). The van der Waals surface area contributed by atoms with Crippen molar-refractivity contribution in [3.05, 3.63) is 32.9 Å². The van der Waals surface area contributed by atoms with Crippen molar-refractivity contribution in [3.8, 4) is 17.3 Å². The molecule has 0 fully saturated rings. The highest BCUT2D eigenvalue weighted by Crippen LogP contribution is 2.34. The van der Waals surface area contributed by atoms with E-state index < -0.39 is 22.8 Å². The van der Waals surface area contributed by atoms with Crippen LogP contribution in [0.4, 0.5) is 0 Å². The minimum atomic E-state index is -1.43. The molecule has 3 heterocycles. The summed E-state index contributed by atoms with van der Waals surface area (Å²) in [5.74, 6) is -1.26. The number of aromatic carboxylic acids is 1. The Morgan fingerprint density at radius 3 is 2.70 bits per heavy atom. The van der Waals surface area contributed by atoms with E-state index in [1.807, 2.05) is 6.92 Å². The molecule has 2 aromatic rings. The quantitative estimate of drug-likeness (QED) is 0.798. The SMILES string of the molecule is CCc1nc2n(c1CC)CCCc1c-2[nH]c(=O)c(C(=O)O)c1O. The Kier molecular flexibility index (Phi) is 3.71. The van der Waals surface area contributed by atoms with Crippen LogP contribution in [0.2, 0.25) is 0 Å². The molecule has 2 aromatic heterocycles. The smallest absolute Gasteiger partial charge is 0.345 e. The number of nitrogens with zero attached hydrogens (tertiary/aromatic N) is 2. The van der Waals surface area contributed by atoms with Crippen molar-refractivity contribution in [1.82, 2.24) is 14.5 Å². The Balaban J connectivity index is 2.34. The molecule has 3 rings (SSSR count). The molecule has 1 aliphatic rings. The first-order valence-electron chi connectivity index (χ1n) is 7.79. The van der Waals surface area contributed by atoms with E-state index in [9.17, 15) is 14.7 Å². The first-order chi connectivity index (χ1) is 11.0. The number of carboxylic acids is 1. The number of rotatable bonds is 3. The summed E-state index contributed by atoms with van der Waals surface area (Å²) >= 11 is 0. The van der Waals surface area contributed by atoms with Crippen LogP contribution in [-0.4, -0.2) is 30.7 Å². The van der Waals surface area contributed by atoms with Crippen molar-refractivity contribution in [2.24, 2.45) is 0 Å². The fraction of sp³-hybridized carbons (Fsp3) is 0.438. The maximum absolute atomic E-state index is 12.1. The van der Waals surface area contributed by atoms with Gasteiger partial charge in [0.2, 0.25) is 0 Å². The molecule has 0 radical (unpaired) electrons. The number of aromatic amines is 1. The van der Waals surface area contributed by atoms with Crippen molar-refractivity contribution in [1.29, 1.82) is 0 Å². The van der Waals surface area contributed by atoms with E-state index in [0.29, 0.717) is 23.5 Å². The van der Waals surface area contributed by atoms with Crippen LogP contribution < -0.4 is 5.56 Å². The van der Waals surface area contributed by atoms with Gasteiger partial charge in [0, 0.05) is 17.8 Å².